The fourth-order valence-electron chi connectivity index (χ4n) is 2.23. The van der Waals surface area contributed by atoms with E-state index in [0.717, 1.165) is 12.2 Å². The third kappa shape index (κ3) is 3.30. The Hall–Kier alpha value is -2.67. The minimum absolute atomic E-state index is 0.218. The lowest BCUT2D eigenvalue weighted by Crippen LogP contribution is -2.14. The van der Waals surface area contributed by atoms with Gasteiger partial charge in [0.15, 0.2) is 22.9 Å². The molecule has 0 radical (unpaired) electrons. The van der Waals surface area contributed by atoms with E-state index in [9.17, 15) is 9.59 Å². The molecule has 122 valence electrons. The van der Waals surface area contributed by atoms with E-state index >= 15 is 0 Å². The molecule has 2 heterocycles. The Labute approximate surface area is 142 Å². The molecule has 0 aliphatic heterocycles. The number of rotatable bonds is 6. The van der Waals surface area contributed by atoms with Crippen LogP contribution in [0.3, 0.4) is 0 Å². The summed E-state index contributed by atoms with van der Waals surface area (Å²) in [7, 11) is 0. The van der Waals surface area contributed by atoms with Crippen LogP contribution in [0, 0.1) is 0 Å². The van der Waals surface area contributed by atoms with Gasteiger partial charge in [0.1, 0.15) is 5.76 Å². The molecule has 1 aromatic carbocycles. The van der Waals surface area contributed by atoms with E-state index in [4.69, 9.17) is 4.42 Å². The molecule has 0 unspecified atom stereocenters. The normalized spacial score (nSPS) is 10.7. The minimum atomic E-state index is -0.307. The number of benzene rings is 1. The van der Waals surface area contributed by atoms with Gasteiger partial charge in [-0.3, -0.25) is 14.6 Å². The summed E-state index contributed by atoms with van der Waals surface area (Å²) < 4.78 is 5.47. The third-order valence-electron chi connectivity index (χ3n) is 3.31. The van der Waals surface area contributed by atoms with E-state index in [1.54, 1.807) is 18.2 Å². The molecule has 0 aliphatic rings. The van der Waals surface area contributed by atoms with Crippen molar-refractivity contribution in [3.05, 3.63) is 52.5 Å². The van der Waals surface area contributed by atoms with Gasteiger partial charge < -0.3 is 4.42 Å². The van der Waals surface area contributed by atoms with Gasteiger partial charge in [0.25, 0.3) is 5.56 Å². The molecule has 0 bridgehead atoms. The Morgan fingerprint density at radius 1 is 1.17 bits per heavy atom. The minimum Gasteiger partial charge on any atom is -0.453 e. The van der Waals surface area contributed by atoms with Gasteiger partial charge in [-0.2, -0.15) is 0 Å². The molecule has 0 amide bonds. The molecule has 2 aromatic heterocycles. The average Bonchev–Trinajstić information content (AvgIpc) is 3.09. The zero-order chi connectivity index (χ0) is 16.9. The number of hydrogen-bond donors (Lipinski definition) is 1. The van der Waals surface area contributed by atoms with Crippen molar-refractivity contribution in [2.75, 3.05) is 5.75 Å². The number of hydrogen-bond acceptors (Lipinski definition) is 6. The van der Waals surface area contributed by atoms with Crippen LogP contribution < -0.4 is 5.56 Å². The number of H-pyrrole nitrogens is 1. The first-order valence-corrected chi connectivity index (χ1v) is 8.46. The Morgan fingerprint density at radius 3 is 2.62 bits per heavy atom. The maximum Gasteiger partial charge on any atom is 0.278 e. The number of thioether (sulfide) groups is 1. The molecule has 0 aliphatic carbocycles. The SMILES string of the molecule is CCCSc1nnc(-c2ccccc2-c2ccc(C=O)o2)c(=O)[nH]1. The number of aromatic amines is 1. The quantitative estimate of drug-likeness (QED) is 0.546. The standard InChI is InChI=1S/C17H15N3O3S/c1-2-9-24-17-18-16(22)15(19-20-17)13-6-4-3-5-12(13)14-8-7-11(10-21)23-14/h3-8,10H,2,9H2,1H3,(H,18,20,22). The molecule has 0 fully saturated rings. The molecule has 6 nitrogen and oxygen atoms in total. The van der Waals surface area contributed by atoms with E-state index in [1.165, 1.54) is 11.8 Å². The summed E-state index contributed by atoms with van der Waals surface area (Å²) in [6.07, 6.45) is 1.62. The number of nitrogens with one attached hydrogen (secondary N) is 1. The summed E-state index contributed by atoms with van der Waals surface area (Å²) in [5.41, 5.74) is 1.19. The van der Waals surface area contributed by atoms with Crippen LogP contribution in [0.25, 0.3) is 22.6 Å². The van der Waals surface area contributed by atoms with E-state index in [2.05, 4.69) is 22.1 Å². The predicted molar refractivity (Wildman–Crippen MR) is 92.2 cm³/mol. The fourth-order valence-corrected chi connectivity index (χ4v) is 2.89. The predicted octanol–water partition coefficient (Wildman–Crippen LogP) is 3.41. The van der Waals surface area contributed by atoms with Crippen molar-refractivity contribution in [3.8, 4) is 22.6 Å². The van der Waals surface area contributed by atoms with Gasteiger partial charge in [-0.15, -0.1) is 10.2 Å². The Bertz CT molecular complexity index is 917. The number of furan rings is 1. The summed E-state index contributed by atoms with van der Waals surface area (Å²) in [4.78, 5) is 26.0. The van der Waals surface area contributed by atoms with Crippen molar-refractivity contribution < 1.29 is 9.21 Å². The van der Waals surface area contributed by atoms with Gasteiger partial charge in [0.2, 0.25) is 0 Å². The van der Waals surface area contributed by atoms with Gasteiger partial charge in [-0.05, 0) is 18.6 Å². The second kappa shape index (κ2) is 7.27. The molecular formula is C17H15N3O3S. The highest BCUT2D eigenvalue weighted by Crippen LogP contribution is 2.30. The number of aromatic nitrogens is 3. The highest BCUT2D eigenvalue weighted by molar-refractivity contribution is 7.99. The first-order chi connectivity index (χ1) is 11.7. The van der Waals surface area contributed by atoms with Gasteiger partial charge in [0.05, 0.1) is 0 Å². The summed E-state index contributed by atoms with van der Waals surface area (Å²) >= 11 is 1.46. The fraction of sp³-hybridized carbons (Fsp3) is 0.176. The molecule has 3 aromatic rings. The van der Waals surface area contributed by atoms with Gasteiger partial charge in [0, 0.05) is 16.9 Å². The van der Waals surface area contributed by atoms with Crippen LogP contribution in [0.15, 0.2) is 50.8 Å². The van der Waals surface area contributed by atoms with Crippen LogP contribution in [0.5, 0.6) is 0 Å². The van der Waals surface area contributed by atoms with Gasteiger partial charge >= 0.3 is 0 Å². The zero-order valence-electron chi connectivity index (χ0n) is 13.0. The van der Waals surface area contributed by atoms with Crippen molar-refractivity contribution >= 4 is 18.0 Å². The van der Waals surface area contributed by atoms with E-state index in [0.29, 0.717) is 28.3 Å². The van der Waals surface area contributed by atoms with Crippen LogP contribution in [0.4, 0.5) is 0 Å². The maximum atomic E-state index is 12.4. The summed E-state index contributed by atoms with van der Waals surface area (Å²) in [6.45, 7) is 2.06. The maximum absolute atomic E-state index is 12.4. The van der Waals surface area contributed by atoms with Crippen molar-refractivity contribution in [3.63, 3.8) is 0 Å². The first-order valence-electron chi connectivity index (χ1n) is 7.47. The van der Waals surface area contributed by atoms with E-state index in [1.807, 2.05) is 18.2 Å². The van der Waals surface area contributed by atoms with E-state index in [-0.39, 0.29) is 17.0 Å². The summed E-state index contributed by atoms with van der Waals surface area (Å²) in [5.74, 6) is 1.59. The highest BCUT2D eigenvalue weighted by Gasteiger charge is 2.15. The Morgan fingerprint density at radius 2 is 1.96 bits per heavy atom. The average molecular weight is 341 g/mol. The van der Waals surface area contributed by atoms with Crippen molar-refractivity contribution in [2.45, 2.75) is 18.5 Å². The van der Waals surface area contributed by atoms with Crippen LogP contribution in [-0.2, 0) is 0 Å². The van der Waals surface area contributed by atoms with Crippen LogP contribution in [0.2, 0.25) is 0 Å². The lowest BCUT2D eigenvalue weighted by molar-refractivity contribution is 0.110. The lowest BCUT2D eigenvalue weighted by Gasteiger charge is -2.06. The van der Waals surface area contributed by atoms with Crippen LogP contribution in [0.1, 0.15) is 23.9 Å². The lowest BCUT2D eigenvalue weighted by atomic mass is 10.0. The summed E-state index contributed by atoms with van der Waals surface area (Å²) in [6, 6.07) is 10.5. The number of aldehydes is 1. The van der Waals surface area contributed by atoms with Crippen molar-refractivity contribution in [1.82, 2.24) is 15.2 Å². The van der Waals surface area contributed by atoms with Crippen LogP contribution >= 0.6 is 11.8 Å². The topological polar surface area (TPSA) is 88.8 Å². The Kier molecular flexibility index (Phi) is 4.90. The smallest absolute Gasteiger partial charge is 0.278 e. The zero-order valence-corrected chi connectivity index (χ0v) is 13.8. The van der Waals surface area contributed by atoms with Gasteiger partial charge in [-0.25, -0.2) is 0 Å². The van der Waals surface area contributed by atoms with Crippen LogP contribution in [-0.4, -0.2) is 27.2 Å². The number of nitrogens with zero attached hydrogens (tertiary/aromatic N) is 2. The molecular weight excluding hydrogens is 326 g/mol. The molecule has 0 saturated carbocycles. The highest BCUT2D eigenvalue weighted by atomic mass is 32.2. The molecule has 24 heavy (non-hydrogen) atoms. The molecule has 3 rings (SSSR count). The molecule has 7 heteroatoms. The molecule has 0 saturated heterocycles. The summed E-state index contributed by atoms with van der Waals surface area (Å²) in [5, 5.41) is 8.67. The third-order valence-corrected chi connectivity index (χ3v) is 4.38. The van der Waals surface area contributed by atoms with Crippen molar-refractivity contribution in [2.24, 2.45) is 0 Å². The first kappa shape index (κ1) is 16.2. The monoisotopic (exact) mass is 341 g/mol. The van der Waals surface area contributed by atoms with Gasteiger partial charge in [-0.1, -0.05) is 43.0 Å². The number of carbonyl (C=O) groups excluding carboxylic acids is 1. The largest absolute Gasteiger partial charge is 0.453 e. The Balaban J connectivity index is 2.04. The second-order valence-corrected chi connectivity index (χ2v) is 6.11. The van der Waals surface area contributed by atoms with E-state index < -0.39 is 0 Å². The second-order valence-electron chi connectivity index (χ2n) is 5.02. The van der Waals surface area contributed by atoms with Crippen molar-refractivity contribution in [1.29, 1.82) is 0 Å². The molecule has 0 atom stereocenters. The molecule has 0 spiro atoms. The number of carbonyl (C=O) groups is 1. The molecule has 1 N–H and O–H groups in total.